The quantitative estimate of drug-likeness (QED) is 0.743. The molecule has 2 saturated carbocycles. The van der Waals surface area contributed by atoms with Gasteiger partial charge in [-0.3, -0.25) is 9.59 Å². The summed E-state index contributed by atoms with van der Waals surface area (Å²) in [6.45, 7) is 2.44. The maximum Gasteiger partial charge on any atom is 0.306 e. The molecule has 140 valence electrons. The van der Waals surface area contributed by atoms with Crippen LogP contribution in [0.15, 0.2) is 18.5 Å². The average molecular weight is 358 g/mol. The summed E-state index contributed by atoms with van der Waals surface area (Å²) in [5, 5.41) is 0. The van der Waals surface area contributed by atoms with Crippen LogP contribution in [0.4, 0.5) is 5.95 Å². The zero-order valence-corrected chi connectivity index (χ0v) is 15.0. The molecule has 0 unspecified atom stereocenters. The van der Waals surface area contributed by atoms with Gasteiger partial charge >= 0.3 is 5.97 Å². The molecule has 7 nitrogen and oxygen atoms in total. The highest BCUT2D eigenvalue weighted by molar-refractivity contribution is 5.81. The van der Waals surface area contributed by atoms with Crippen LogP contribution in [-0.4, -0.2) is 59.5 Å². The summed E-state index contributed by atoms with van der Waals surface area (Å²) in [6, 6.07) is 1.79. The third kappa shape index (κ3) is 3.81. The van der Waals surface area contributed by atoms with Gasteiger partial charge < -0.3 is 14.5 Å². The molecule has 3 atom stereocenters. The number of nitrogens with zero attached hydrogens (tertiary/aromatic N) is 4. The number of carbonyl (C=O) groups excluding carboxylic acids is 2. The van der Waals surface area contributed by atoms with Crippen LogP contribution in [-0.2, 0) is 14.3 Å². The minimum atomic E-state index is -0.216. The van der Waals surface area contributed by atoms with E-state index in [0.717, 1.165) is 12.3 Å². The van der Waals surface area contributed by atoms with Crippen LogP contribution < -0.4 is 4.90 Å². The number of ether oxygens (including phenoxy) is 1. The number of aromatic nitrogens is 2. The van der Waals surface area contributed by atoms with E-state index in [0.29, 0.717) is 50.4 Å². The molecule has 1 aromatic heterocycles. The molecule has 26 heavy (non-hydrogen) atoms. The fourth-order valence-corrected chi connectivity index (χ4v) is 4.74. The van der Waals surface area contributed by atoms with Crippen LogP contribution in [0.3, 0.4) is 0 Å². The van der Waals surface area contributed by atoms with E-state index in [-0.39, 0.29) is 18.5 Å². The van der Waals surface area contributed by atoms with E-state index >= 15 is 0 Å². The molecule has 0 aromatic carbocycles. The molecular formula is C19H26N4O3. The van der Waals surface area contributed by atoms with Crippen LogP contribution in [0.2, 0.25) is 0 Å². The zero-order valence-electron chi connectivity index (χ0n) is 15.0. The van der Waals surface area contributed by atoms with Gasteiger partial charge in [-0.15, -0.1) is 0 Å². The third-order valence-corrected chi connectivity index (χ3v) is 6.14. The molecule has 4 rings (SSSR count). The number of hydrogen-bond acceptors (Lipinski definition) is 6. The predicted octanol–water partition coefficient (Wildman–Crippen LogP) is 1.49. The second-order valence-electron chi connectivity index (χ2n) is 7.72. The van der Waals surface area contributed by atoms with Crippen molar-refractivity contribution in [3.05, 3.63) is 18.5 Å². The minimum absolute atomic E-state index is 0.111. The van der Waals surface area contributed by atoms with Crippen molar-refractivity contribution in [3.63, 3.8) is 0 Å². The first-order valence-electron chi connectivity index (χ1n) is 9.64. The van der Waals surface area contributed by atoms with Crippen LogP contribution in [0, 0.1) is 17.8 Å². The first kappa shape index (κ1) is 17.2. The third-order valence-electron chi connectivity index (χ3n) is 6.14. The number of rotatable bonds is 5. The Labute approximate surface area is 153 Å². The van der Waals surface area contributed by atoms with E-state index in [1.807, 2.05) is 0 Å². The standard InChI is InChI=1S/C19H26N4O3/c24-17(13-26-18(25)12-16-11-14-2-3-15(16)10-14)22-6-8-23(9-7-22)19-20-4-1-5-21-19/h1,4-5,14-16H,2-3,6-13H2/t14-,15-,16+/m1/s1. The Morgan fingerprint density at radius 2 is 1.85 bits per heavy atom. The molecule has 1 amide bonds. The number of amides is 1. The summed E-state index contributed by atoms with van der Waals surface area (Å²) in [5.41, 5.74) is 0. The minimum Gasteiger partial charge on any atom is -0.456 e. The Balaban J connectivity index is 1.18. The van der Waals surface area contributed by atoms with Crippen molar-refractivity contribution in [2.24, 2.45) is 17.8 Å². The van der Waals surface area contributed by atoms with Crippen molar-refractivity contribution >= 4 is 17.8 Å². The number of hydrogen-bond donors (Lipinski definition) is 0. The van der Waals surface area contributed by atoms with Gasteiger partial charge in [0.1, 0.15) is 0 Å². The zero-order chi connectivity index (χ0) is 17.9. The number of piperazine rings is 1. The first-order chi connectivity index (χ1) is 12.7. The largest absolute Gasteiger partial charge is 0.456 e. The van der Waals surface area contributed by atoms with Crippen molar-refractivity contribution in [1.82, 2.24) is 14.9 Å². The predicted molar refractivity (Wildman–Crippen MR) is 95.3 cm³/mol. The van der Waals surface area contributed by atoms with E-state index < -0.39 is 0 Å². The smallest absolute Gasteiger partial charge is 0.306 e. The highest BCUT2D eigenvalue weighted by atomic mass is 16.5. The Morgan fingerprint density at radius 1 is 1.08 bits per heavy atom. The van der Waals surface area contributed by atoms with Gasteiger partial charge in [0.05, 0.1) is 0 Å². The van der Waals surface area contributed by atoms with Gasteiger partial charge in [-0.2, -0.15) is 0 Å². The molecule has 7 heteroatoms. The molecule has 0 spiro atoms. The monoisotopic (exact) mass is 358 g/mol. The lowest BCUT2D eigenvalue weighted by Crippen LogP contribution is -2.50. The first-order valence-corrected chi connectivity index (χ1v) is 9.64. The topological polar surface area (TPSA) is 75.6 Å². The Kier molecular flexibility index (Phi) is 5.04. The fourth-order valence-electron chi connectivity index (χ4n) is 4.74. The number of fused-ring (bicyclic) bond motifs is 2. The van der Waals surface area contributed by atoms with Crippen molar-refractivity contribution in [2.45, 2.75) is 32.1 Å². The van der Waals surface area contributed by atoms with Crippen LogP contribution in [0.5, 0.6) is 0 Å². The SMILES string of the molecule is O=C(C[C@@H]1C[C@@H]2CC[C@@H]1C2)OCC(=O)N1CCN(c2ncccn2)CC1. The lowest BCUT2D eigenvalue weighted by Gasteiger charge is -2.34. The number of anilines is 1. The van der Waals surface area contributed by atoms with Gasteiger partial charge in [0.25, 0.3) is 5.91 Å². The average Bonchev–Trinajstić information content (AvgIpc) is 3.30. The second kappa shape index (κ2) is 7.60. The van der Waals surface area contributed by atoms with Crippen LogP contribution in [0.1, 0.15) is 32.1 Å². The van der Waals surface area contributed by atoms with E-state index in [1.54, 1.807) is 23.4 Å². The number of carbonyl (C=O) groups is 2. The highest BCUT2D eigenvalue weighted by Crippen LogP contribution is 2.49. The second-order valence-corrected chi connectivity index (χ2v) is 7.72. The summed E-state index contributed by atoms with van der Waals surface area (Å²) in [4.78, 5) is 36.7. The lowest BCUT2D eigenvalue weighted by atomic mass is 9.86. The molecule has 0 N–H and O–H groups in total. The summed E-state index contributed by atoms with van der Waals surface area (Å²) in [7, 11) is 0. The molecule has 2 heterocycles. The van der Waals surface area contributed by atoms with E-state index in [1.165, 1.54) is 19.3 Å². The molecule has 1 saturated heterocycles. The molecular weight excluding hydrogens is 332 g/mol. The number of esters is 1. The maximum absolute atomic E-state index is 12.3. The molecule has 1 aliphatic heterocycles. The van der Waals surface area contributed by atoms with Crippen molar-refractivity contribution in [2.75, 3.05) is 37.7 Å². The molecule has 2 bridgehead atoms. The Bertz CT molecular complexity index is 645. The van der Waals surface area contributed by atoms with Gasteiger partial charge in [0.15, 0.2) is 6.61 Å². The summed E-state index contributed by atoms with van der Waals surface area (Å²) in [6.07, 6.45) is 8.95. The molecule has 3 aliphatic rings. The van der Waals surface area contributed by atoms with E-state index in [9.17, 15) is 9.59 Å². The van der Waals surface area contributed by atoms with Gasteiger partial charge in [0, 0.05) is 45.0 Å². The Morgan fingerprint density at radius 3 is 2.50 bits per heavy atom. The van der Waals surface area contributed by atoms with Crippen LogP contribution in [0.25, 0.3) is 0 Å². The van der Waals surface area contributed by atoms with Crippen molar-refractivity contribution in [3.8, 4) is 0 Å². The van der Waals surface area contributed by atoms with Gasteiger partial charge in [0.2, 0.25) is 5.95 Å². The summed E-state index contributed by atoms with van der Waals surface area (Å²) in [5.74, 6) is 2.37. The van der Waals surface area contributed by atoms with Gasteiger partial charge in [-0.25, -0.2) is 9.97 Å². The van der Waals surface area contributed by atoms with E-state index in [2.05, 4.69) is 14.9 Å². The molecule has 0 radical (unpaired) electrons. The van der Waals surface area contributed by atoms with Crippen LogP contribution >= 0.6 is 0 Å². The normalized spacial score (nSPS) is 27.6. The molecule has 2 aliphatic carbocycles. The van der Waals surface area contributed by atoms with Gasteiger partial charge in [-0.05, 0) is 43.1 Å². The molecule has 3 fully saturated rings. The Hall–Kier alpha value is -2.18. The lowest BCUT2D eigenvalue weighted by molar-refractivity contribution is -0.153. The summed E-state index contributed by atoms with van der Waals surface area (Å²) < 4.78 is 5.27. The highest BCUT2D eigenvalue weighted by Gasteiger charge is 2.40. The summed E-state index contributed by atoms with van der Waals surface area (Å²) >= 11 is 0. The van der Waals surface area contributed by atoms with Gasteiger partial charge in [-0.1, -0.05) is 6.42 Å². The molecule has 1 aromatic rings. The van der Waals surface area contributed by atoms with Crippen molar-refractivity contribution < 1.29 is 14.3 Å². The fraction of sp³-hybridized carbons (Fsp3) is 0.684. The van der Waals surface area contributed by atoms with E-state index in [4.69, 9.17) is 4.74 Å². The van der Waals surface area contributed by atoms with Crippen molar-refractivity contribution in [1.29, 1.82) is 0 Å². The maximum atomic E-state index is 12.3.